The minimum absolute atomic E-state index is 0.000266. The maximum Gasteiger partial charge on any atom is 0.123 e. The predicted molar refractivity (Wildman–Crippen MR) is 101 cm³/mol. The Labute approximate surface area is 152 Å². The number of hydrogen-bond acceptors (Lipinski definition) is 4. The van der Waals surface area contributed by atoms with Crippen molar-refractivity contribution in [2.45, 2.75) is 25.8 Å². The Balaban J connectivity index is 1.77. The third kappa shape index (κ3) is 3.08. The van der Waals surface area contributed by atoms with Crippen LogP contribution < -0.4 is 5.01 Å². The Morgan fingerprint density at radius 2 is 1.73 bits per heavy atom. The first kappa shape index (κ1) is 16.4. The van der Waals surface area contributed by atoms with Gasteiger partial charge in [0.2, 0.25) is 0 Å². The molecule has 0 spiro atoms. The topological polar surface area (TPSA) is 41.4 Å². The Morgan fingerprint density at radius 3 is 2.46 bits per heavy atom. The Hall–Kier alpha value is -3.08. The number of aryl methyl sites for hydroxylation is 1. The van der Waals surface area contributed by atoms with Crippen molar-refractivity contribution in [3.63, 3.8) is 0 Å². The molecule has 0 fully saturated rings. The zero-order chi connectivity index (χ0) is 17.9. The minimum Gasteiger partial charge on any atom is -0.257 e. The number of aromatic nitrogens is 2. The van der Waals surface area contributed by atoms with Crippen LogP contribution in [0.15, 0.2) is 72.1 Å². The number of rotatable bonds is 4. The summed E-state index contributed by atoms with van der Waals surface area (Å²) in [6.07, 6.45) is 4.92. The summed E-state index contributed by atoms with van der Waals surface area (Å²) in [6.45, 7) is 2.06. The SMILES string of the molecule is CCc1nccnc1C1=NN(c2ccccc2)C(c2ccc(F)cc2)C1. The molecule has 3 aromatic rings. The molecule has 0 bridgehead atoms. The zero-order valence-electron chi connectivity index (χ0n) is 14.5. The van der Waals surface area contributed by atoms with E-state index in [0.29, 0.717) is 6.42 Å². The van der Waals surface area contributed by atoms with Gasteiger partial charge < -0.3 is 0 Å². The first-order valence-corrected chi connectivity index (χ1v) is 8.73. The van der Waals surface area contributed by atoms with Gasteiger partial charge in [0.25, 0.3) is 0 Å². The summed E-state index contributed by atoms with van der Waals surface area (Å²) in [5, 5.41) is 6.87. The molecule has 2 aromatic carbocycles. The van der Waals surface area contributed by atoms with Crippen molar-refractivity contribution in [2.24, 2.45) is 5.10 Å². The monoisotopic (exact) mass is 346 g/mol. The lowest BCUT2D eigenvalue weighted by molar-refractivity contribution is 0.624. The van der Waals surface area contributed by atoms with Crippen LogP contribution in [0.2, 0.25) is 0 Å². The van der Waals surface area contributed by atoms with Gasteiger partial charge in [-0.15, -0.1) is 0 Å². The van der Waals surface area contributed by atoms with Crippen molar-refractivity contribution < 1.29 is 4.39 Å². The van der Waals surface area contributed by atoms with E-state index < -0.39 is 0 Å². The van der Waals surface area contributed by atoms with Crippen molar-refractivity contribution in [1.29, 1.82) is 0 Å². The van der Waals surface area contributed by atoms with Crippen LogP contribution in [-0.4, -0.2) is 15.7 Å². The summed E-state index contributed by atoms with van der Waals surface area (Å²) in [6, 6.07) is 16.7. The second-order valence-corrected chi connectivity index (χ2v) is 6.20. The van der Waals surface area contributed by atoms with E-state index in [4.69, 9.17) is 5.10 Å². The molecule has 0 radical (unpaired) electrons. The standard InChI is InChI=1S/C21H19FN4/c1-2-18-21(24-13-12-23-18)19-14-20(15-8-10-16(22)11-9-15)26(25-19)17-6-4-3-5-7-17/h3-13,20H,2,14H2,1H3. The summed E-state index contributed by atoms with van der Waals surface area (Å²) in [5.74, 6) is -0.235. The van der Waals surface area contributed by atoms with Crippen molar-refractivity contribution in [1.82, 2.24) is 9.97 Å². The van der Waals surface area contributed by atoms with Gasteiger partial charge in [-0.3, -0.25) is 15.0 Å². The molecule has 130 valence electrons. The second-order valence-electron chi connectivity index (χ2n) is 6.20. The van der Waals surface area contributed by atoms with Crippen LogP contribution in [0.1, 0.15) is 36.3 Å². The minimum atomic E-state index is -0.235. The van der Waals surface area contributed by atoms with Crippen molar-refractivity contribution in [3.8, 4) is 0 Å². The number of hydrogen-bond donors (Lipinski definition) is 0. The van der Waals surface area contributed by atoms with Crippen LogP contribution in [0.4, 0.5) is 10.1 Å². The molecule has 4 rings (SSSR count). The van der Waals surface area contributed by atoms with Crippen LogP contribution in [0.3, 0.4) is 0 Å². The van der Waals surface area contributed by atoms with Crippen molar-refractivity contribution in [3.05, 3.63) is 89.8 Å². The van der Waals surface area contributed by atoms with Gasteiger partial charge in [-0.25, -0.2) is 4.39 Å². The molecule has 1 aliphatic rings. The fraction of sp³-hybridized carbons (Fsp3) is 0.190. The molecule has 1 unspecified atom stereocenters. The fourth-order valence-corrected chi connectivity index (χ4v) is 3.28. The highest BCUT2D eigenvalue weighted by atomic mass is 19.1. The van der Waals surface area contributed by atoms with Gasteiger partial charge in [-0.2, -0.15) is 5.10 Å². The molecule has 2 heterocycles. The van der Waals surface area contributed by atoms with Crippen LogP contribution in [0.25, 0.3) is 0 Å². The summed E-state index contributed by atoms with van der Waals surface area (Å²) in [5.41, 5.74) is 4.72. The van der Waals surface area contributed by atoms with E-state index in [2.05, 4.69) is 16.9 Å². The zero-order valence-corrected chi connectivity index (χ0v) is 14.5. The van der Waals surface area contributed by atoms with Crippen LogP contribution in [0.5, 0.6) is 0 Å². The van der Waals surface area contributed by atoms with Gasteiger partial charge >= 0.3 is 0 Å². The lowest BCUT2D eigenvalue weighted by Gasteiger charge is -2.23. The quantitative estimate of drug-likeness (QED) is 0.697. The Bertz CT molecular complexity index is 922. The van der Waals surface area contributed by atoms with Crippen LogP contribution >= 0.6 is 0 Å². The van der Waals surface area contributed by atoms with Gasteiger partial charge in [0.15, 0.2) is 0 Å². The van der Waals surface area contributed by atoms with E-state index in [1.54, 1.807) is 12.4 Å². The number of benzene rings is 2. The molecule has 0 N–H and O–H groups in total. The second kappa shape index (κ2) is 7.04. The van der Waals surface area contributed by atoms with E-state index in [1.165, 1.54) is 12.1 Å². The highest BCUT2D eigenvalue weighted by Gasteiger charge is 2.31. The molecule has 1 atom stereocenters. The highest BCUT2D eigenvalue weighted by Crippen LogP contribution is 2.36. The van der Waals surface area contributed by atoms with Crippen molar-refractivity contribution >= 4 is 11.4 Å². The Morgan fingerprint density at radius 1 is 1.00 bits per heavy atom. The van der Waals surface area contributed by atoms with Gasteiger partial charge in [0.05, 0.1) is 23.1 Å². The molecule has 0 aliphatic carbocycles. The fourth-order valence-electron chi connectivity index (χ4n) is 3.28. The maximum atomic E-state index is 13.4. The van der Waals surface area contributed by atoms with Gasteiger partial charge in [0, 0.05) is 18.8 Å². The van der Waals surface area contributed by atoms with E-state index in [1.807, 2.05) is 47.5 Å². The number of nitrogens with zero attached hydrogens (tertiary/aromatic N) is 4. The third-order valence-corrected chi connectivity index (χ3v) is 4.57. The van der Waals surface area contributed by atoms with E-state index >= 15 is 0 Å². The Kier molecular flexibility index (Phi) is 4.44. The highest BCUT2D eigenvalue weighted by molar-refractivity contribution is 6.02. The van der Waals surface area contributed by atoms with E-state index in [0.717, 1.165) is 34.8 Å². The molecule has 5 heteroatoms. The lowest BCUT2D eigenvalue weighted by atomic mass is 9.99. The number of halogens is 1. The summed E-state index contributed by atoms with van der Waals surface area (Å²) < 4.78 is 13.4. The molecule has 1 aromatic heterocycles. The van der Waals surface area contributed by atoms with Gasteiger partial charge in [-0.1, -0.05) is 37.3 Å². The third-order valence-electron chi connectivity index (χ3n) is 4.57. The molecular formula is C21H19FN4. The summed E-state index contributed by atoms with van der Waals surface area (Å²) >= 11 is 0. The van der Waals surface area contributed by atoms with E-state index in [-0.39, 0.29) is 11.9 Å². The summed E-state index contributed by atoms with van der Waals surface area (Å²) in [7, 11) is 0. The molecular weight excluding hydrogens is 327 g/mol. The largest absolute Gasteiger partial charge is 0.257 e. The predicted octanol–water partition coefficient (Wildman–Crippen LogP) is 4.53. The first-order valence-electron chi connectivity index (χ1n) is 8.73. The average molecular weight is 346 g/mol. The average Bonchev–Trinajstić information content (AvgIpc) is 3.14. The normalized spacial score (nSPS) is 16.6. The van der Waals surface area contributed by atoms with Crippen LogP contribution in [-0.2, 0) is 6.42 Å². The lowest BCUT2D eigenvalue weighted by Crippen LogP contribution is -2.18. The molecule has 1 aliphatic heterocycles. The molecule has 0 saturated heterocycles. The van der Waals surface area contributed by atoms with E-state index in [9.17, 15) is 4.39 Å². The smallest absolute Gasteiger partial charge is 0.123 e. The van der Waals surface area contributed by atoms with Gasteiger partial charge in [-0.05, 0) is 36.2 Å². The maximum absolute atomic E-state index is 13.4. The number of para-hydroxylation sites is 1. The molecule has 0 saturated carbocycles. The van der Waals surface area contributed by atoms with Crippen molar-refractivity contribution in [2.75, 3.05) is 5.01 Å². The summed E-state index contributed by atoms with van der Waals surface area (Å²) in [4.78, 5) is 8.96. The molecule has 0 amide bonds. The first-order chi connectivity index (χ1) is 12.8. The molecule has 26 heavy (non-hydrogen) atoms. The van der Waals surface area contributed by atoms with Gasteiger partial charge in [0.1, 0.15) is 11.5 Å². The number of anilines is 1. The number of hydrazone groups is 1. The van der Waals surface area contributed by atoms with Crippen LogP contribution in [0, 0.1) is 5.82 Å². The molecule has 4 nitrogen and oxygen atoms in total.